The van der Waals surface area contributed by atoms with Gasteiger partial charge in [-0.1, -0.05) is 20.8 Å². The van der Waals surface area contributed by atoms with Crippen molar-refractivity contribution >= 4 is 5.97 Å². The van der Waals surface area contributed by atoms with Gasteiger partial charge in [-0.25, -0.2) is 0 Å². The number of carboxylic acids is 1. The first kappa shape index (κ1) is 37.8. The van der Waals surface area contributed by atoms with Gasteiger partial charge >= 0.3 is 5.97 Å². The van der Waals surface area contributed by atoms with Gasteiger partial charge in [0.1, 0.15) is 48.8 Å². The number of fused-ring (bicyclic) bond motifs is 5. The quantitative estimate of drug-likeness (QED) is 0.155. The molecule has 6 fully saturated rings. The molecular formula is C36H61NO12. The van der Waals surface area contributed by atoms with Crippen molar-refractivity contribution < 1.29 is 60.2 Å². The number of aliphatic carboxylic acids is 1. The van der Waals surface area contributed by atoms with Crippen LogP contribution in [0.25, 0.3) is 0 Å². The first-order valence-electron chi connectivity index (χ1n) is 18.7. The SMILES string of the molecule is C[C@H](CCC(=O)O)[C@H]1CC[C@H]2[C@@H]3[C@@H](C4O[C@H](CO)[C@@H](O)[C@H](O)[C@H]4O)C[C@@H]4C[C@H](N)CC[C@]4(C)[C@H]3C[C@@H]([C@@H]3O[C@H](CO)[C@@H](O)[C@H](O)[C@H]3O)[C@]12C. The van der Waals surface area contributed by atoms with Gasteiger partial charge in [0.25, 0.3) is 0 Å². The molecule has 2 saturated heterocycles. The third-order valence-corrected chi connectivity index (χ3v) is 15.3. The van der Waals surface area contributed by atoms with E-state index >= 15 is 0 Å². The lowest BCUT2D eigenvalue weighted by atomic mass is 9.39. The van der Waals surface area contributed by atoms with Gasteiger partial charge in [0.05, 0.1) is 25.4 Å². The lowest BCUT2D eigenvalue weighted by molar-refractivity contribution is -0.287. The monoisotopic (exact) mass is 699 g/mol. The van der Waals surface area contributed by atoms with Crippen LogP contribution in [0.3, 0.4) is 0 Å². The van der Waals surface area contributed by atoms with E-state index < -0.39 is 85.6 Å². The number of hydrogen-bond acceptors (Lipinski definition) is 12. The van der Waals surface area contributed by atoms with Crippen molar-refractivity contribution in [1.29, 1.82) is 0 Å². The molecule has 1 unspecified atom stereocenters. The van der Waals surface area contributed by atoms with Gasteiger partial charge in [0.2, 0.25) is 0 Å². The van der Waals surface area contributed by atoms with Crippen LogP contribution < -0.4 is 5.73 Å². The number of aliphatic hydroxyl groups excluding tert-OH is 8. The molecule has 0 spiro atoms. The number of rotatable bonds is 8. The van der Waals surface area contributed by atoms with Crippen LogP contribution in [0.15, 0.2) is 0 Å². The summed E-state index contributed by atoms with van der Waals surface area (Å²) in [5, 5.41) is 96.3. The summed E-state index contributed by atoms with van der Waals surface area (Å²) < 4.78 is 12.7. The maximum atomic E-state index is 11.7. The number of aliphatic hydroxyl groups is 8. The summed E-state index contributed by atoms with van der Waals surface area (Å²) in [5.74, 6) is -1.28. The Labute approximate surface area is 288 Å². The predicted octanol–water partition coefficient (Wildman–Crippen LogP) is -0.389. The zero-order valence-corrected chi connectivity index (χ0v) is 29.1. The summed E-state index contributed by atoms with van der Waals surface area (Å²) in [6.45, 7) is 5.55. The maximum absolute atomic E-state index is 11.7. The second-order valence-corrected chi connectivity index (χ2v) is 17.3. The molecule has 0 aromatic rings. The molecule has 11 N–H and O–H groups in total. The van der Waals surface area contributed by atoms with Crippen LogP contribution in [-0.4, -0.2) is 132 Å². The number of carboxylic acid groups (broad SMARTS) is 1. The Bertz CT molecular complexity index is 1170. The Kier molecular flexibility index (Phi) is 10.9. The highest BCUT2D eigenvalue weighted by molar-refractivity contribution is 5.66. The van der Waals surface area contributed by atoms with E-state index in [0.717, 1.165) is 32.1 Å². The van der Waals surface area contributed by atoms with Crippen molar-refractivity contribution in [2.45, 2.75) is 146 Å². The van der Waals surface area contributed by atoms with Crippen LogP contribution in [0, 0.1) is 58.2 Å². The van der Waals surface area contributed by atoms with Gasteiger partial charge < -0.3 is 61.2 Å². The second-order valence-electron chi connectivity index (χ2n) is 17.3. The molecule has 4 saturated carbocycles. The fourth-order valence-corrected chi connectivity index (χ4v) is 12.7. The van der Waals surface area contributed by atoms with Gasteiger partial charge in [-0.3, -0.25) is 4.79 Å². The molecule has 0 radical (unpaired) electrons. The van der Waals surface area contributed by atoms with Gasteiger partial charge in [0.15, 0.2) is 0 Å². The number of hydrogen-bond donors (Lipinski definition) is 10. The molecule has 49 heavy (non-hydrogen) atoms. The van der Waals surface area contributed by atoms with Crippen molar-refractivity contribution in [2.75, 3.05) is 13.2 Å². The average molecular weight is 700 g/mol. The molecule has 13 nitrogen and oxygen atoms in total. The highest BCUT2D eigenvalue weighted by atomic mass is 16.6. The van der Waals surface area contributed by atoms with Gasteiger partial charge in [-0.2, -0.15) is 0 Å². The molecule has 6 aliphatic rings. The van der Waals surface area contributed by atoms with E-state index in [0.29, 0.717) is 19.3 Å². The summed E-state index contributed by atoms with van der Waals surface area (Å²) in [6, 6.07) is 0.00567. The number of ether oxygens (including phenoxy) is 2. The molecule has 6 rings (SSSR count). The Morgan fingerprint density at radius 3 is 1.96 bits per heavy atom. The third kappa shape index (κ3) is 6.10. The van der Waals surface area contributed by atoms with Crippen LogP contribution >= 0.6 is 0 Å². The summed E-state index contributed by atoms with van der Waals surface area (Å²) in [7, 11) is 0. The molecule has 21 atom stereocenters. The molecular weight excluding hydrogens is 638 g/mol. The molecule has 0 amide bonds. The van der Waals surface area contributed by atoms with Crippen molar-refractivity contribution in [1.82, 2.24) is 0 Å². The van der Waals surface area contributed by atoms with Crippen LogP contribution in [0.2, 0.25) is 0 Å². The van der Waals surface area contributed by atoms with E-state index in [4.69, 9.17) is 15.2 Å². The standard InChI is InChI=1S/C36H61NO12/c1-15(4-7-25(40)41)19-5-6-20-26-18(33-31(46)29(44)27(42)23(13-38)48-33)11-16-10-17(37)8-9-35(16,2)21(26)12-22(36(19,20)3)34-32(47)30(45)28(43)24(14-39)49-34/h15-24,26-34,38-39,42-47H,4-14,37H2,1-3H3,(H,40,41)/t15-,16+,17-,18+,19-,20+,21+,22+,23-,24-,26+,27-,28-,29+,30+,31-,32-,33?,34+,35+,36-/m1/s1. The largest absolute Gasteiger partial charge is 0.481 e. The van der Waals surface area contributed by atoms with Crippen molar-refractivity contribution in [3.63, 3.8) is 0 Å². The van der Waals surface area contributed by atoms with E-state index in [1.165, 1.54) is 0 Å². The highest BCUT2D eigenvalue weighted by Gasteiger charge is 2.69. The summed E-state index contributed by atoms with van der Waals surface area (Å²) in [5.41, 5.74) is 5.85. The maximum Gasteiger partial charge on any atom is 0.303 e. The number of carbonyl (C=O) groups is 1. The molecule has 0 aromatic carbocycles. The Morgan fingerprint density at radius 2 is 1.37 bits per heavy atom. The molecule has 2 aliphatic heterocycles. The van der Waals surface area contributed by atoms with Crippen LogP contribution in [-0.2, 0) is 14.3 Å². The number of nitrogens with two attached hydrogens (primary N) is 1. The lowest BCUT2D eigenvalue weighted by Gasteiger charge is -2.67. The minimum Gasteiger partial charge on any atom is -0.481 e. The van der Waals surface area contributed by atoms with Gasteiger partial charge in [0, 0.05) is 12.5 Å². The highest BCUT2D eigenvalue weighted by Crippen LogP contribution is 2.72. The average Bonchev–Trinajstić information content (AvgIpc) is 3.43. The smallest absolute Gasteiger partial charge is 0.303 e. The molecule has 4 aliphatic carbocycles. The molecule has 0 aromatic heterocycles. The zero-order chi connectivity index (χ0) is 35.7. The normalized spacial score (nSPS) is 55.2. The van der Waals surface area contributed by atoms with Gasteiger partial charge in [-0.15, -0.1) is 0 Å². The van der Waals surface area contributed by atoms with Crippen molar-refractivity contribution in [2.24, 2.45) is 63.9 Å². The Morgan fingerprint density at radius 1 is 0.776 bits per heavy atom. The first-order chi connectivity index (χ1) is 23.1. The van der Waals surface area contributed by atoms with Gasteiger partial charge in [-0.05, 0) is 110 Å². The van der Waals surface area contributed by atoms with E-state index in [9.17, 15) is 50.8 Å². The summed E-state index contributed by atoms with van der Waals surface area (Å²) >= 11 is 0. The minimum atomic E-state index is -1.52. The van der Waals surface area contributed by atoms with Crippen LogP contribution in [0.5, 0.6) is 0 Å². The Hall–Kier alpha value is -0.970. The topological polar surface area (TPSA) is 244 Å². The third-order valence-electron chi connectivity index (χ3n) is 15.3. The minimum absolute atomic E-state index is 0.000324. The molecule has 13 heteroatoms. The molecule has 282 valence electrons. The molecule has 0 bridgehead atoms. The van der Waals surface area contributed by atoms with E-state index in [1.54, 1.807) is 0 Å². The van der Waals surface area contributed by atoms with Crippen LogP contribution in [0.1, 0.15) is 78.6 Å². The van der Waals surface area contributed by atoms with Crippen LogP contribution in [0.4, 0.5) is 0 Å². The Balaban J connectivity index is 1.47. The lowest BCUT2D eigenvalue weighted by Crippen LogP contribution is -2.69. The predicted molar refractivity (Wildman–Crippen MR) is 175 cm³/mol. The van der Waals surface area contributed by atoms with E-state index in [1.807, 2.05) is 0 Å². The zero-order valence-electron chi connectivity index (χ0n) is 29.1. The summed E-state index contributed by atoms with van der Waals surface area (Å²) in [4.78, 5) is 11.7. The van der Waals surface area contributed by atoms with Crippen molar-refractivity contribution in [3.8, 4) is 0 Å². The fraction of sp³-hybridized carbons (Fsp3) is 0.972. The second kappa shape index (κ2) is 14.1. The fourth-order valence-electron chi connectivity index (χ4n) is 12.7. The van der Waals surface area contributed by atoms with E-state index in [2.05, 4.69) is 20.8 Å². The van der Waals surface area contributed by atoms with Crippen molar-refractivity contribution in [3.05, 3.63) is 0 Å². The van der Waals surface area contributed by atoms with E-state index in [-0.39, 0.29) is 65.2 Å². The molecule has 2 heterocycles. The summed E-state index contributed by atoms with van der Waals surface area (Å²) in [6.07, 6.45) is -6.80. The first-order valence-corrected chi connectivity index (χ1v) is 18.7.